The van der Waals surface area contributed by atoms with E-state index in [9.17, 15) is 27.6 Å². The predicted octanol–water partition coefficient (Wildman–Crippen LogP) is 3.46. The normalized spacial score (nSPS) is 18.9. The van der Waals surface area contributed by atoms with Gasteiger partial charge in [0.15, 0.2) is 0 Å². The number of ether oxygens (including phenoxy) is 1. The van der Waals surface area contributed by atoms with Crippen LogP contribution in [0.2, 0.25) is 0 Å². The number of amides is 3. The summed E-state index contributed by atoms with van der Waals surface area (Å²) in [5.74, 6) is -0.925. The summed E-state index contributed by atoms with van der Waals surface area (Å²) >= 11 is 0. The van der Waals surface area contributed by atoms with Crippen molar-refractivity contribution in [3.8, 4) is 5.75 Å². The smallest absolute Gasteiger partial charge is 0.416 e. The summed E-state index contributed by atoms with van der Waals surface area (Å²) in [6.07, 6.45) is -3.59. The maximum absolute atomic E-state index is 12.6. The lowest BCUT2D eigenvalue weighted by molar-refractivity contribution is -0.137. The number of urea groups is 1. The fourth-order valence-corrected chi connectivity index (χ4v) is 2.84. The van der Waals surface area contributed by atoms with Gasteiger partial charge in [0.25, 0.3) is 5.91 Å². The lowest BCUT2D eigenvalue weighted by Gasteiger charge is -2.20. The number of nitrogens with one attached hydrogen (secondary N) is 2. The molecule has 1 aliphatic rings. The van der Waals surface area contributed by atoms with Gasteiger partial charge >= 0.3 is 18.2 Å². The molecule has 1 fully saturated rings. The van der Waals surface area contributed by atoms with Crippen LogP contribution in [0.1, 0.15) is 34.8 Å². The number of halogens is 3. The van der Waals surface area contributed by atoms with Crippen LogP contribution in [0.15, 0.2) is 48.5 Å². The van der Waals surface area contributed by atoms with Gasteiger partial charge in [0.05, 0.1) is 11.1 Å². The molecule has 9 heteroatoms. The minimum atomic E-state index is -4.47. The molecule has 3 rings (SSSR count). The minimum absolute atomic E-state index is 0.00186. The van der Waals surface area contributed by atoms with E-state index in [1.54, 1.807) is 31.2 Å². The minimum Gasteiger partial charge on any atom is -0.423 e. The van der Waals surface area contributed by atoms with Gasteiger partial charge in [-0.25, -0.2) is 9.59 Å². The molecule has 1 heterocycles. The maximum Gasteiger partial charge on any atom is 0.416 e. The van der Waals surface area contributed by atoms with Crippen molar-refractivity contribution < 1.29 is 32.3 Å². The van der Waals surface area contributed by atoms with E-state index in [0.29, 0.717) is 12.8 Å². The van der Waals surface area contributed by atoms with Crippen LogP contribution in [-0.2, 0) is 17.4 Å². The molecule has 6 nitrogen and oxygen atoms in total. The average molecular weight is 406 g/mol. The highest BCUT2D eigenvalue weighted by atomic mass is 19.4. The number of carbonyl (C=O) groups is 3. The van der Waals surface area contributed by atoms with Crippen LogP contribution in [0.5, 0.6) is 5.75 Å². The number of rotatable bonds is 5. The number of hydrogen-bond donors (Lipinski definition) is 2. The largest absolute Gasteiger partial charge is 0.423 e. The SMILES string of the molecule is C[C@@]1(CCc2ccc(OC(=O)c3ccc(C(F)(F)F)cc3)cc2)NC(=O)NC1=O. The fraction of sp³-hybridized carbons (Fsp3) is 0.250. The predicted molar refractivity (Wildman–Crippen MR) is 96.2 cm³/mol. The van der Waals surface area contributed by atoms with Gasteiger partial charge in [-0.05, 0) is 61.7 Å². The molecule has 29 heavy (non-hydrogen) atoms. The summed E-state index contributed by atoms with van der Waals surface area (Å²) in [6, 6.07) is 9.72. The average Bonchev–Trinajstić information content (AvgIpc) is 2.92. The Labute approximate surface area is 164 Å². The van der Waals surface area contributed by atoms with Crippen LogP contribution in [0.3, 0.4) is 0 Å². The number of carbonyl (C=O) groups excluding carboxylic acids is 3. The van der Waals surface area contributed by atoms with Gasteiger partial charge in [-0.1, -0.05) is 12.1 Å². The summed E-state index contributed by atoms with van der Waals surface area (Å²) in [5, 5.41) is 4.77. The quantitative estimate of drug-likeness (QED) is 0.453. The number of imide groups is 1. The zero-order valence-electron chi connectivity index (χ0n) is 15.3. The Kier molecular flexibility index (Phi) is 5.32. The number of esters is 1. The number of hydrogen-bond acceptors (Lipinski definition) is 4. The maximum atomic E-state index is 12.6. The molecule has 1 atom stereocenters. The lowest BCUT2D eigenvalue weighted by atomic mass is 9.93. The molecule has 2 N–H and O–H groups in total. The van der Waals surface area contributed by atoms with Crippen LogP contribution in [0.4, 0.5) is 18.0 Å². The highest BCUT2D eigenvalue weighted by Crippen LogP contribution is 2.29. The molecule has 0 spiro atoms. The van der Waals surface area contributed by atoms with E-state index in [4.69, 9.17) is 4.74 Å². The topological polar surface area (TPSA) is 84.5 Å². The van der Waals surface area contributed by atoms with Crippen LogP contribution in [0, 0.1) is 0 Å². The Morgan fingerprint density at radius 2 is 1.66 bits per heavy atom. The molecule has 2 aromatic rings. The van der Waals surface area contributed by atoms with Gasteiger partial charge in [-0.3, -0.25) is 10.1 Å². The number of aryl methyl sites for hydroxylation is 1. The third-order valence-electron chi connectivity index (χ3n) is 4.61. The van der Waals surface area contributed by atoms with E-state index in [0.717, 1.165) is 29.8 Å². The van der Waals surface area contributed by atoms with Crippen molar-refractivity contribution in [1.82, 2.24) is 10.6 Å². The zero-order valence-corrected chi connectivity index (χ0v) is 15.3. The Hall–Kier alpha value is -3.36. The fourth-order valence-electron chi connectivity index (χ4n) is 2.84. The first-order valence-electron chi connectivity index (χ1n) is 8.69. The highest BCUT2D eigenvalue weighted by molar-refractivity contribution is 6.06. The van der Waals surface area contributed by atoms with Gasteiger partial charge in [0.2, 0.25) is 0 Å². The summed E-state index contributed by atoms with van der Waals surface area (Å²) < 4.78 is 42.9. The van der Waals surface area contributed by atoms with E-state index in [2.05, 4.69) is 10.6 Å². The second kappa shape index (κ2) is 7.57. The lowest BCUT2D eigenvalue weighted by Crippen LogP contribution is -2.43. The zero-order chi connectivity index (χ0) is 21.2. The second-order valence-corrected chi connectivity index (χ2v) is 6.85. The molecule has 1 saturated heterocycles. The Morgan fingerprint density at radius 1 is 1.03 bits per heavy atom. The summed E-state index contributed by atoms with van der Waals surface area (Å²) in [5.41, 5.74) is -0.975. The Balaban J connectivity index is 1.58. The molecule has 1 aliphatic heterocycles. The Bertz CT molecular complexity index is 940. The highest BCUT2D eigenvalue weighted by Gasteiger charge is 2.41. The standard InChI is InChI=1S/C20H17F3N2O4/c1-19(17(27)24-18(28)25-19)11-10-12-2-8-15(9-3-12)29-16(26)13-4-6-14(7-5-13)20(21,22)23/h2-9H,10-11H2,1H3,(H2,24,25,27,28)/t19-/m0/s1. The third kappa shape index (κ3) is 4.74. The molecule has 0 saturated carbocycles. The van der Waals surface area contributed by atoms with Gasteiger partial charge < -0.3 is 10.1 Å². The molecule has 152 valence electrons. The second-order valence-electron chi connectivity index (χ2n) is 6.85. The molecule has 0 aliphatic carbocycles. The first-order valence-corrected chi connectivity index (χ1v) is 8.69. The van der Waals surface area contributed by atoms with Gasteiger partial charge in [0.1, 0.15) is 11.3 Å². The number of alkyl halides is 3. The molecule has 2 aromatic carbocycles. The van der Waals surface area contributed by atoms with Crippen molar-refractivity contribution in [3.63, 3.8) is 0 Å². The monoisotopic (exact) mass is 406 g/mol. The van der Waals surface area contributed by atoms with Crippen molar-refractivity contribution >= 4 is 17.9 Å². The van der Waals surface area contributed by atoms with E-state index < -0.39 is 29.3 Å². The van der Waals surface area contributed by atoms with Crippen LogP contribution >= 0.6 is 0 Å². The molecule has 0 bridgehead atoms. The third-order valence-corrected chi connectivity index (χ3v) is 4.61. The molecule has 0 radical (unpaired) electrons. The first kappa shape index (κ1) is 20.4. The molecule has 0 unspecified atom stereocenters. The molecular formula is C20H17F3N2O4. The van der Waals surface area contributed by atoms with Crippen LogP contribution < -0.4 is 15.4 Å². The molecular weight excluding hydrogens is 389 g/mol. The van der Waals surface area contributed by atoms with E-state index in [1.165, 1.54) is 0 Å². The van der Waals surface area contributed by atoms with Gasteiger partial charge in [-0.15, -0.1) is 0 Å². The van der Waals surface area contributed by atoms with Crippen molar-refractivity contribution in [2.45, 2.75) is 31.5 Å². The first-order chi connectivity index (χ1) is 13.6. The summed E-state index contributed by atoms with van der Waals surface area (Å²) in [7, 11) is 0. The number of benzene rings is 2. The Morgan fingerprint density at radius 3 is 2.17 bits per heavy atom. The molecule has 3 amide bonds. The van der Waals surface area contributed by atoms with E-state index in [1.807, 2.05) is 0 Å². The van der Waals surface area contributed by atoms with Crippen LogP contribution in [-0.4, -0.2) is 23.4 Å². The van der Waals surface area contributed by atoms with Crippen molar-refractivity contribution in [3.05, 3.63) is 65.2 Å². The summed E-state index contributed by atoms with van der Waals surface area (Å²) in [6.45, 7) is 1.63. The van der Waals surface area contributed by atoms with Crippen LogP contribution in [0.25, 0.3) is 0 Å². The molecule has 0 aromatic heterocycles. The van der Waals surface area contributed by atoms with Gasteiger partial charge in [0, 0.05) is 0 Å². The van der Waals surface area contributed by atoms with Crippen molar-refractivity contribution in [2.24, 2.45) is 0 Å². The van der Waals surface area contributed by atoms with E-state index >= 15 is 0 Å². The van der Waals surface area contributed by atoms with E-state index in [-0.39, 0.29) is 17.2 Å². The van der Waals surface area contributed by atoms with Crippen molar-refractivity contribution in [2.75, 3.05) is 0 Å². The van der Waals surface area contributed by atoms with Crippen molar-refractivity contribution in [1.29, 1.82) is 0 Å². The summed E-state index contributed by atoms with van der Waals surface area (Å²) in [4.78, 5) is 35.1. The van der Waals surface area contributed by atoms with Gasteiger partial charge in [-0.2, -0.15) is 13.2 Å².